The van der Waals surface area contributed by atoms with Crippen molar-refractivity contribution in [3.63, 3.8) is 0 Å². The maximum absolute atomic E-state index is 5.87. The van der Waals surface area contributed by atoms with Gasteiger partial charge >= 0.3 is 0 Å². The first-order valence-electron chi connectivity index (χ1n) is 10.6. The number of hydrogen-bond acceptors (Lipinski definition) is 8. The summed E-state index contributed by atoms with van der Waals surface area (Å²) in [5, 5.41) is 14.6. The molecule has 0 aliphatic carbocycles. The molecule has 0 atom stereocenters. The first-order valence-corrected chi connectivity index (χ1v) is 10.6. The van der Waals surface area contributed by atoms with Gasteiger partial charge in [0.1, 0.15) is 18.2 Å². The number of rotatable bonds is 8. The summed E-state index contributed by atoms with van der Waals surface area (Å²) in [4.78, 5) is 11.2. The minimum Gasteiger partial charge on any atom is -0.492 e. The Morgan fingerprint density at radius 2 is 1.84 bits per heavy atom. The first kappa shape index (κ1) is 20.2. The van der Waals surface area contributed by atoms with Crippen molar-refractivity contribution in [1.82, 2.24) is 25.1 Å². The predicted molar refractivity (Wildman–Crippen MR) is 124 cm³/mol. The van der Waals surface area contributed by atoms with E-state index in [1.54, 1.807) is 12.4 Å². The Hall–Kier alpha value is -3.69. The molecule has 1 fully saturated rings. The minimum absolute atomic E-state index is 0.513. The molecule has 3 heterocycles. The molecule has 1 saturated heterocycles. The van der Waals surface area contributed by atoms with Crippen molar-refractivity contribution in [3.8, 4) is 5.75 Å². The Balaban J connectivity index is 1.16. The van der Waals surface area contributed by atoms with Gasteiger partial charge in [-0.05, 0) is 48.5 Å². The second-order valence-corrected chi connectivity index (χ2v) is 7.51. The van der Waals surface area contributed by atoms with Gasteiger partial charge in [0.15, 0.2) is 0 Å². The van der Waals surface area contributed by atoms with Crippen LogP contribution in [0.4, 0.5) is 23.1 Å². The van der Waals surface area contributed by atoms with Crippen LogP contribution in [0.3, 0.4) is 0 Å². The van der Waals surface area contributed by atoms with Gasteiger partial charge in [0.05, 0.1) is 24.9 Å². The summed E-state index contributed by atoms with van der Waals surface area (Å²) in [6.07, 6.45) is 3.52. The van der Waals surface area contributed by atoms with E-state index in [1.165, 1.54) is 0 Å². The number of anilines is 4. The first-order chi connectivity index (χ1) is 15.8. The van der Waals surface area contributed by atoms with E-state index in [0.29, 0.717) is 18.4 Å². The van der Waals surface area contributed by atoms with Crippen LogP contribution in [-0.4, -0.2) is 64.5 Å². The van der Waals surface area contributed by atoms with Crippen molar-refractivity contribution in [2.24, 2.45) is 0 Å². The van der Waals surface area contributed by atoms with Crippen molar-refractivity contribution >= 4 is 34.0 Å². The minimum atomic E-state index is 0.513. The topological polar surface area (TPSA) is 100 Å². The Bertz CT molecular complexity index is 1160. The molecule has 0 radical (unpaired) electrons. The molecule has 0 bridgehead atoms. The number of nitrogens with zero attached hydrogens (tertiary/aromatic N) is 4. The number of nitrogens with one attached hydrogen (secondary N) is 3. The van der Waals surface area contributed by atoms with Crippen LogP contribution in [0.25, 0.3) is 10.9 Å². The van der Waals surface area contributed by atoms with Crippen LogP contribution in [0.15, 0.2) is 60.9 Å². The standard InChI is InChI=1S/C23H25N7O2/c1-2-19(15-21-17(1)16-25-29-21)26-22-7-8-24-23(28-22)27-18-3-5-20(6-4-18)32-14-11-30-9-12-31-13-10-30/h1-8,15-16H,9-14H2,(H,25,29)(H2,24,26,27,28). The lowest BCUT2D eigenvalue weighted by molar-refractivity contribution is 0.0322. The Kier molecular flexibility index (Phi) is 6.09. The number of H-pyrrole nitrogens is 1. The largest absolute Gasteiger partial charge is 0.492 e. The number of ether oxygens (including phenoxy) is 2. The molecule has 9 nitrogen and oxygen atoms in total. The highest BCUT2D eigenvalue weighted by atomic mass is 16.5. The van der Waals surface area contributed by atoms with Gasteiger partial charge in [0.2, 0.25) is 5.95 Å². The maximum atomic E-state index is 5.87. The molecule has 5 rings (SSSR count). The highest BCUT2D eigenvalue weighted by Crippen LogP contribution is 2.22. The summed E-state index contributed by atoms with van der Waals surface area (Å²) in [6, 6.07) is 15.6. The molecule has 0 unspecified atom stereocenters. The van der Waals surface area contributed by atoms with Crippen molar-refractivity contribution in [1.29, 1.82) is 0 Å². The lowest BCUT2D eigenvalue weighted by Gasteiger charge is -2.26. The van der Waals surface area contributed by atoms with Crippen molar-refractivity contribution in [3.05, 3.63) is 60.9 Å². The second kappa shape index (κ2) is 9.63. The molecule has 2 aromatic heterocycles. The third-order valence-corrected chi connectivity index (χ3v) is 5.26. The van der Waals surface area contributed by atoms with Gasteiger partial charge in [-0.25, -0.2) is 4.98 Å². The van der Waals surface area contributed by atoms with E-state index in [0.717, 1.165) is 60.9 Å². The van der Waals surface area contributed by atoms with E-state index in [4.69, 9.17) is 9.47 Å². The molecule has 1 aliphatic rings. The maximum Gasteiger partial charge on any atom is 0.229 e. The van der Waals surface area contributed by atoms with Crippen LogP contribution in [0.5, 0.6) is 5.75 Å². The number of hydrogen-bond donors (Lipinski definition) is 3. The van der Waals surface area contributed by atoms with Crippen LogP contribution in [0.2, 0.25) is 0 Å². The zero-order valence-electron chi connectivity index (χ0n) is 17.6. The molecule has 3 N–H and O–H groups in total. The fraction of sp³-hybridized carbons (Fsp3) is 0.261. The van der Waals surface area contributed by atoms with Crippen molar-refractivity contribution < 1.29 is 9.47 Å². The molecule has 4 aromatic rings. The normalized spacial score (nSPS) is 14.4. The molecule has 2 aromatic carbocycles. The summed E-state index contributed by atoms with van der Waals surface area (Å²) in [5.74, 6) is 2.05. The third kappa shape index (κ3) is 5.13. The van der Waals surface area contributed by atoms with Gasteiger partial charge in [0, 0.05) is 42.6 Å². The number of aromatic amines is 1. The van der Waals surface area contributed by atoms with Crippen LogP contribution in [0.1, 0.15) is 0 Å². The fourth-order valence-corrected chi connectivity index (χ4v) is 3.53. The van der Waals surface area contributed by atoms with E-state index >= 15 is 0 Å². The van der Waals surface area contributed by atoms with Crippen molar-refractivity contribution in [2.45, 2.75) is 0 Å². The van der Waals surface area contributed by atoms with E-state index in [9.17, 15) is 0 Å². The van der Waals surface area contributed by atoms with Crippen LogP contribution >= 0.6 is 0 Å². The van der Waals surface area contributed by atoms with Gasteiger partial charge < -0.3 is 20.1 Å². The third-order valence-electron chi connectivity index (χ3n) is 5.26. The van der Waals surface area contributed by atoms with E-state index in [-0.39, 0.29) is 0 Å². The van der Waals surface area contributed by atoms with Gasteiger partial charge in [-0.2, -0.15) is 10.1 Å². The molecule has 0 saturated carbocycles. The molecule has 164 valence electrons. The predicted octanol–water partition coefficient (Wildman–Crippen LogP) is 3.55. The van der Waals surface area contributed by atoms with Crippen LogP contribution in [-0.2, 0) is 4.74 Å². The summed E-state index contributed by atoms with van der Waals surface area (Å²) in [6.45, 7) is 5.12. The zero-order chi connectivity index (χ0) is 21.6. The Morgan fingerprint density at radius 1 is 1.00 bits per heavy atom. The molecule has 1 aliphatic heterocycles. The van der Waals surface area contributed by atoms with Gasteiger partial charge in [-0.15, -0.1) is 0 Å². The quantitative estimate of drug-likeness (QED) is 0.389. The molecule has 9 heteroatoms. The van der Waals surface area contributed by atoms with Gasteiger partial charge in [0.25, 0.3) is 0 Å². The fourth-order valence-electron chi connectivity index (χ4n) is 3.53. The lowest BCUT2D eigenvalue weighted by atomic mass is 10.2. The summed E-state index contributed by atoms with van der Waals surface area (Å²) < 4.78 is 11.2. The average molecular weight is 432 g/mol. The SMILES string of the molecule is c1cc(Nc2ccc3cn[nH]c3c2)nc(Nc2ccc(OCCN3CCOCC3)cc2)n1. The van der Waals surface area contributed by atoms with Gasteiger partial charge in [-0.3, -0.25) is 10.00 Å². The number of benzene rings is 2. The Morgan fingerprint density at radius 3 is 2.72 bits per heavy atom. The van der Waals surface area contributed by atoms with E-state index < -0.39 is 0 Å². The molecular formula is C23H25N7O2. The highest BCUT2D eigenvalue weighted by Gasteiger charge is 2.10. The summed E-state index contributed by atoms with van der Waals surface area (Å²) >= 11 is 0. The van der Waals surface area contributed by atoms with E-state index in [2.05, 4.69) is 35.7 Å². The number of aromatic nitrogens is 4. The van der Waals surface area contributed by atoms with Crippen LogP contribution < -0.4 is 15.4 Å². The number of fused-ring (bicyclic) bond motifs is 1. The van der Waals surface area contributed by atoms with Crippen molar-refractivity contribution in [2.75, 3.05) is 50.1 Å². The average Bonchev–Trinajstić information content (AvgIpc) is 3.29. The van der Waals surface area contributed by atoms with Crippen LogP contribution in [0, 0.1) is 0 Å². The molecular weight excluding hydrogens is 406 g/mol. The van der Waals surface area contributed by atoms with E-state index in [1.807, 2.05) is 48.5 Å². The number of morpholine rings is 1. The second-order valence-electron chi connectivity index (χ2n) is 7.51. The molecule has 0 amide bonds. The monoisotopic (exact) mass is 431 g/mol. The smallest absolute Gasteiger partial charge is 0.229 e. The lowest BCUT2D eigenvalue weighted by Crippen LogP contribution is -2.38. The zero-order valence-corrected chi connectivity index (χ0v) is 17.6. The highest BCUT2D eigenvalue weighted by molar-refractivity contribution is 5.82. The Labute approximate surface area is 185 Å². The van der Waals surface area contributed by atoms with Gasteiger partial charge in [-0.1, -0.05) is 0 Å². The molecule has 0 spiro atoms. The summed E-state index contributed by atoms with van der Waals surface area (Å²) in [7, 11) is 0. The summed E-state index contributed by atoms with van der Waals surface area (Å²) in [5.41, 5.74) is 2.78. The molecule has 32 heavy (non-hydrogen) atoms.